The lowest BCUT2D eigenvalue weighted by atomic mass is 9.90. The van der Waals surface area contributed by atoms with Crippen LogP contribution in [-0.2, 0) is 0 Å². The molecule has 0 bridgehead atoms. The van der Waals surface area contributed by atoms with E-state index in [9.17, 15) is 0 Å². The molecule has 0 aliphatic rings. The van der Waals surface area contributed by atoms with E-state index in [1.807, 2.05) is 0 Å². The van der Waals surface area contributed by atoms with Crippen LogP contribution >= 0.6 is 11.6 Å². The third kappa shape index (κ3) is 5.21. The topological polar surface area (TPSA) is 12.0 Å². The van der Waals surface area contributed by atoms with Gasteiger partial charge in [-0.15, -0.1) is 11.6 Å². The molecule has 0 aliphatic heterocycles. The first-order valence-corrected chi connectivity index (χ1v) is 6.23. The van der Waals surface area contributed by atoms with Crippen LogP contribution in [0.5, 0.6) is 0 Å². The van der Waals surface area contributed by atoms with Gasteiger partial charge in [-0.1, -0.05) is 34.6 Å². The summed E-state index contributed by atoms with van der Waals surface area (Å²) in [7, 11) is 0. The van der Waals surface area contributed by atoms with Crippen LogP contribution in [0.15, 0.2) is 0 Å². The Bertz CT molecular complexity index is 137. The van der Waals surface area contributed by atoms with Gasteiger partial charge in [0.2, 0.25) is 0 Å². The highest BCUT2D eigenvalue weighted by Gasteiger charge is 2.24. The van der Waals surface area contributed by atoms with E-state index in [1.165, 1.54) is 6.42 Å². The van der Waals surface area contributed by atoms with Gasteiger partial charge in [0.25, 0.3) is 0 Å². The molecular formula is C12H26ClN. The molecule has 0 saturated carbocycles. The largest absolute Gasteiger partial charge is 0.310 e. The second-order valence-corrected chi connectivity index (χ2v) is 5.63. The minimum absolute atomic E-state index is 0.160. The Morgan fingerprint density at radius 3 is 1.86 bits per heavy atom. The van der Waals surface area contributed by atoms with E-state index in [-0.39, 0.29) is 5.54 Å². The molecule has 0 aromatic rings. The van der Waals surface area contributed by atoms with Crippen molar-refractivity contribution in [2.75, 3.05) is 12.4 Å². The molecule has 14 heavy (non-hydrogen) atoms. The average Bonchev–Trinajstić information content (AvgIpc) is 2.11. The zero-order valence-corrected chi connectivity index (χ0v) is 11.2. The van der Waals surface area contributed by atoms with Crippen molar-refractivity contribution in [3.63, 3.8) is 0 Å². The summed E-state index contributed by atoms with van der Waals surface area (Å²) in [4.78, 5) is 0. The highest BCUT2D eigenvalue weighted by atomic mass is 35.5. The summed E-state index contributed by atoms with van der Waals surface area (Å²) in [6.07, 6.45) is 3.42. The first-order valence-electron chi connectivity index (χ1n) is 5.70. The molecule has 0 rings (SSSR count). The zero-order chi connectivity index (χ0) is 11.2. The van der Waals surface area contributed by atoms with Crippen molar-refractivity contribution in [3.8, 4) is 0 Å². The molecule has 0 unspecified atom stereocenters. The molecule has 0 amide bonds. The van der Waals surface area contributed by atoms with Gasteiger partial charge >= 0.3 is 0 Å². The SMILES string of the molecule is CCC(CC)(CCl)NCCC(C)(C)C. The summed E-state index contributed by atoms with van der Waals surface area (Å²) < 4.78 is 0. The van der Waals surface area contributed by atoms with Gasteiger partial charge in [0.1, 0.15) is 0 Å². The lowest BCUT2D eigenvalue weighted by Crippen LogP contribution is -2.47. The Kier molecular flexibility index (Phi) is 6.08. The van der Waals surface area contributed by atoms with E-state index in [4.69, 9.17) is 11.6 Å². The monoisotopic (exact) mass is 219 g/mol. The van der Waals surface area contributed by atoms with Gasteiger partial charge in [-0.25, -0.2) is 0 Å². The standard InChI is InChI=1S/C12H26ClN/c1-6-12(7-2,10-13)14-9-8-11(3,4)5/h14H,6-10H2,1-5H3. The summed E-state index contributed by atoms with van der Waals surface area (Å²) >= 11 is 6.01. The summed E-state index contributed by atoms with van der Waals surface area (Å²) in [6, 6.07) is 0. The molecule has 1 N–H and O–H groups in total. The summed E-state index contributed by atoms with van der Waals surface area (Å²) in [5, 5.41) is 3.61. The lowest BCUT2D eigenvalue weighted by Gasteiger charge is -2.32. The number of nitrogens with one attached hydrogen (secondary N) is 1. The normalized spacial score (nSPS) is 13.3. The van der Waals surface area contributed by atoms with Gasteiger partial charge in [0.15, 0.2) is 0 Å². The number of halogens is 1. The highest BCUT2D eigenvalue weighted by Crippen LogP contribution is 2.20. The molecule has 0 aliphatic carbocycles. The number of hydrogen-bond acceptors (Lipinski definition) is 1. The minimum Gasteiger partial charge on any atom is -0.310 e. The van der Waals surface area contributed by atoms with Gasteiger partial charge in [-0.05, 0) is 31.2 Å². The van der Waals surface area contributed by atoms with Crippen molar-refractivity contribution >= 4 is 11.6 Å². The first-order chi connectivity index (χ1) is 6.39. The van der Waals surface area contributed by atoms with Crippen LogP contribution < -0.4 is 5.32 Å². The van der Waals surface area contributed by atoms with Crippen molar-refractivity contribution < 1.29 is 0 Å². The van der Waals surface area contributed by atoms with Crippen LogP contribution in [0.4, 0.5) is 0 Å². The molecular weight excluding hydrogens is 194 g/mol. The smallest absolute Gasteiger partial charge is 0.0405 e. The van der Waals surface area contributed by atoms with E-state index in [0.29, 0.717) is 11.3 Å². The predicted molar refractivity (Wildman–Crippen MR) is 66.1 cm³/mol. The maximum Gasteiger partial charge on any atom is 0.0405 e. The fourth-order valence-corrected chi connectivity index (χ4v) is 1.91. The van der Waals surface area contributed by atoms with Gasteiger partial charge < -0.3 is 5.32 Å². The third-order valence-electron chi connectivity index (χ3n) is 2.98. The summed E-state index contributed by atoms with van der Waals surface area (Å²) in [6.45, 7) is 12.3. The van der Waals surface area contributed by atoms with Crippen LogP contribution in [0.1, 0.15) is 53.9 Å². The molecule has 0 radical (unpaired) electrons. The molecule has 0 saturated heterocycles. The Morgan fingerprint density at radius 2 is 1.57 bits per heavy atom. The van der Waals surface area contributed by atoms with E-state index < -0.39 is 0 Å². The number of rotatable bonds is 6. The molecule has 86 valence electrons. The van der Waals surface area contributed by atoms with Crippen molar-refractivity contribution in [1.82, 2.24) is 5.32 Å². The predicted octanol–water partition coefficient (Wildman–Crippen LogP) is 3.81. The zero-order valence-electron chi connectivity index (χ0n) is 10.4. The Balaban J connectivity index is 3.95. The number of hydrogen-bond donors (Lipinski definition) is 1. The second-order valence-electron chi connectivity index (χ2n) is 5.36. The van der Waals surface area contributed by atoms with Crippen LogP contribution in [0.25, 0.3) is 0 Å². The van der Waals surface area contributed by atoms with E-state index in [2.05, 4.69) is 39.9 Å². The second kappa shape index (κ2) is 5.97. The van der Waals surface area contributed by atoms with Crippen molar-refractivity contribution in [2.24, 2.45) is 5.41 Å². The van der Waals surface area contributed by atoms with E-state index >= 15 is 0 Å². The highest BCUT2D eigenvalue weighted by molar-refractivity contribution is 6.18. The lowest BCUT2D eigenvalue weighted by molar-refractivity contribution is 0.294. The van der Waals surface area contributed by atoms with Gasteiger partial charge in [-0.3, -0.25) is 0 Å². The van der Waals surface area contributed by atoms with Crippen LogP contribution in [0, 0.1) is 5.41 Å². The molecule has 1 nitrogen and oxygen atoms in total. The molecule has 0 spiro atoms. The van der Waals surface area contributed by atoms with E-state index in [0.717, 1.165) is 19.4 Å². The van der Waals surface area contributed by atoms with Crippen LogP contribution in [0.3, 0.4) is 0 Å². The van der Waals surface area contributed by atoms with Gasteiger partial charge in [-0.2, -0.15) is 0 Å². The molecule has 0 heterocycles. The average molecular weight is 220 g/mol. The van der Waals surface area contributed by atoms with Crippen LogP contribution in [-0.4, -0.2) is 18.0 Å². The Morgan fingerprint density at radius 1 is 1.07 bits per heavy atom. The summed E-state index contributed by atoms with van der Waals surface area (Å²) in [5.74, 6) is 0.712. The third-order valence-corrected chi connectivity index (χ3v) is 3.50. The van der Waals surface area contributed by atoms with Gasteiger partial charge in [0.05, 0.1) is 0 Å². The van der Waals surface area contributed by atoms with Crippen LogP contribution in [0.2, 0.25) is 0 Å². The molecule has 0 fully saturated rings. The van der Waals surface area contributed by atoms with Gasteiger partial charge in [0, 0.05) is 11.4 Å². The molecule has 0 atom stereocenters. The molecule has 0 aromatic carbocycles. The fraction of sp³-hybridized carbons (Fsp3) is 1.00. The Labute approximate surface area is 94.6 Å². The maximum atomic E-state index is 6.01. The van der Waals surface area contributed by atoms with E-state index in [1.54, 1.807) is 0 Å². The van der Waals surface area contributed by atoms with Crippen molar-refractivity contribution in [2.45, 2.75) is 59.4 Å². The fourth-order valence-electron chi connectivity index (χ4n) is 1.44. The number of alkyl halides is 1. The van der Waals surface area contributed by atoms with Crippen molar-refractivity contribution in [1.29, 1.82) is 0 Å². The molecule has 0 aromatic heterocycles. The minimum atomic E-state index is 0.160. The Hall–Kier alpha value is 0.250. The summed E-state index contributed by atoms with van der Waals surface area (Å²) in [5.41, 5.74) is 0.569. The molecule has 2 heteroatoms. The first kappa shape index (κ1) is 14.2. The quantitative estimate of drug-likeness (QED) is 0.670. The maximum absolute atomic E-state index is 6.01. The van der Waals surface area contributed by atoms with Crippen molar-refractivity contribution in [3.05, 3.63) is 0 Å².